The number of ether oxygens (including phenoxy) is 1. The van der Waals surface area contributed by atoms with Crippen molar-refractivity contribution in [2.75, 3.05) is 6.61 Å². The van der Waals surface area contributed by atoms with E-state index in [9.17, 15) is 22.8 Å². The quantitative estimate of drug-likeness (QED) is 0.805. The van der Waals surface area contributed by atoms with E-state index in [1.54, 1.807) is 13.8 Å². The van der Waals surface area contributed by atoms with E-state index >= 15 is 0 Å². The van der Waals surface area contributed by atoms with Crippen LogP contribution in [0.1, 0.15) is 47.9 Å². The highest BCUT2D eigenvalue weighted by Crippen LogP contribution is 2.58. The first-order chi connectivity index (χ1) is 9.86. The van der Waals surface area contributed by atoms with Crippen molar-refractivity contribution < 1.29 is 27.5 Å². The lowest BCUT2D eigenvalue weighted by molar-refractivity contribution is -0.142. The third kappa shape index (κ3) is 2.66. The first-order valence-electron chi connectivity index (χ1n) is 6.64. The first-order valence-corrected chi connectivity index (χ1v) is 6.64. The number of halogens is 3. The summed E-state index contributed by atoms with van der Waals surface area (Å²) in [6.45, 7) is 4.64. The Bertz CT molecular complexity index is 566. The first kappa shape index (κ1) is 15.5. The maximum atomic E-state index is 12.7. The summed E-state index contributed by atoms with van der Waals surface area (Å²) in [5, 5.41) is 3.52. The molecule has 2 aliphatic carbocycles. The van der Waals surface area contributed by atoms with Gasteiger partial charge in [-0.15, -0.1) is 0 Å². The molecule has 0 radical (unpaired) electrons. The Hall–Kier alpha value is -1.86. The molecule has 2 unspecified atom stereocenters. The molecule has 5 nitrogen and oxygen atoms in total. The van der Waals surface area contributed by atoms with E-state index in [1.807, 2.05) is 0 Å². The van der Waals surface area contributed by atoms with Gasteiger partial charge in [-0.05, 0) is 26.2 Å². The van der Waals surface area contributed by atoms with E-state index in [0.29, 0.717) is 26.0 Å². The summed E-state index contributed by atoms with van der Waals surface area (Å²) in [6.07, 6.45) is -3.90. The number of ketones is 1. The van der Waals surface area contributed by atoms with Gasteiger partial charge in [0.25, 0.3) is 6.47 Å². The molecule has 116 valence electrons. The molecule has 0 aromatic carbocycles. The highest BCUT2D eigenvalue weighted by molar-refractivity contribution is 6.05. The highest BCUT2D eigenvalue weighted by Gasteiger charge is 2.58. The van der Waals surface area contributed by atoms with Crippen LogP contribution in [0.2, 0.25) is 0 Å². The number of aryl methyl sites for hydroxylation is 1. The average Bonchev–Trinajstić information content (AvgIpc) is 3.02. The Kier molecular flexibility index (Phi) is 4.06. The van der Waals surface area contributed by atoms with Gasteiger partial charge in [0.15, 0.2) is 11.5 Å². The summed E-state index contributed by atoms with van der Waals surface area (Å²) in [5.41, 5.74) is -0.525. The van der Waals surface area contributed by atoms with E-state index in [2.05, 4.69) is 9.84 Å². The molecule has 1 aromatic rings. The van der Waals surface area contributed by atoms with Crippen molar-refractivity contribution in [1.29, 1.82) is 0 Å². The molecule has 0 N–H and O–H groups in total. The molecule has 21 heavy (non-hydrogen) atoms. The van der Waals surface area contributed by atoms with Crippen molar-refractivity contribution >= 4 is 12.3 Å². The van der Waals surface area contributed by atoms with Gasteiger partial charge < -0.3 is 4.74 Å². The molecule has 3 rings (SSSR count). The Balaban J connectivity index is 0.000000282. The fourth-order valence-electron chi connectivity index (χ4n) is 2.57. The summed E-state index contributed by atoms with van der Waals surface area (Å²) >= 11 is 0. The number of Topliss-reactive ketones (excluding diaryl/α,β-unsaturated/α-hetero) is 1. The summed E-state index contributed by atoms with van der Waals surface area (Å²) in [7, 11) is 0. The van der Waals surface area contributed by atoms with Crippen LogP contribution in [0.3, 0.4) is 0 Å². The maximum Gasteiger partial charge on any atom is 0.435 e. The van der Waals surface area contributed by atoms with Crippen LogP contribution in [0.25, 0.3) is 0 Å². The molecule has 0 aliphatic heterocycles. The lowest BCUT2D eigenvalue weighted by atomic mass is 10.1. The van der Waals surface area contributed by atoms with E-state index in [0.717, 1.165) is 0 Å². The van der Waals surface area contributed by atoms with Gasteiger partial charge in [-0.1, -0.05) is 0 Å². The van der Waals surface area contributed by atoms with E-state index in [-0.39, 0.29) is 28.9 Å². The van der Waals surface area contributed by atoms with Crippen LogP contribution in [0.5, 0.6) is 0 Å². The van der Waals surface area contributed by atoms with Crippen LogP contribution in [0.4, 0.5) is 13.2 Å². The van der Waals surface area contributed by atoms with Gasteiger partial charge in [-0.25, -0.2) is 0 Å². The van der Waals surface area contributed by atoms with Crippen LogP contribution in [0, 0.1) is 5.92 Å². The van der Waals surface area contributed by atoms with Crippen molar-refractivity contribution in [3.05, 3.63) is 17.0 Å². The minimum absolute atomic E-state index is 0.143. The van der Waals surface area contributed by atoms with E-state index in [4.69, 9.17) is 0 Å². The molecule has 1 fully saturated rings. The average molecular weight is 304 g/mol. The fourth-order valence-corrected chi connectivity index (χ4v) is 2.57. The predicted molar refractivity (Wildman–Crippen MR) is 65.8 cm³/mol. The summed E-state index contributed by atoms with van der Waals surface area (Å²) in [6, 6.07) is 0. The lowest BCUT2D eigenvalue weighted by Gasteiger charge is -2.03. The number of hydrogen-bond donors (Lipinski definition) is 0. The second kappa shape index (κ2) is 5.50. The van der Waals surface area contributed by atoms with Crippen LogP contribution in [-0.2, 0) is 22.3 Å². The Morgan fingerprint density at radius 3 is 2.48 bits per heavy atom. The van der Waals surface area contributed by atoms with Gasteiger partial charge in [-0.3, -0.25) is 14.3 Å². The van der Waals surface area contributed by atoms with Crippen LogP contribution in [0.15, 0.2) is 0 Å². The SMILES string of the molecule is CCOC=O.CCn1nc(C(F)(F)F)c2c1C(=O)C1CC21. The zero-order chi connectivity index (χ0) is 15.8. The fraction of sp³-hybridized carbons (Fsp3) is 0.615. The molecule has 1 heterocycles. The summed E-state index contributed by atoms with van der Waals surface area (Å²) in [4.78, 5) is 20.9. The monoisotopic (exact) mass is 304 g/mol. The number of aromatic nitrogens is 2. The topological polar surface area (TPSA) is 61.2 Å². The van der Waals surface area contributed by atoms with Gasteiger partial charge in [0, 0.05) is 18.0 Å². The van der Waals surface area contributed by atoms with Crippen LogP contribution in [-0.4, -0.2) is 28.6 Å². The summed E-state index contributed by atoms with van der Waals surface area (Å²) < 4.78 is 43.5. The smallest absolute Gasteiger partial charge is 0.435 e. The Morgan fingerprint density at radius 1 is 1.38 bits per heavy atom. The zero-order valence-corrected chi connectivity index (χ0v) is 11.6. The predicted octanol–water partition coefficient (Wildman–Crippen LogP) is 2.40. The largest absolute Gasteiger partial charge is 0.468 e. The van der Waals surface area contributed by atoms with Gasteiger partial charge in [0.1, 0.15) is 5.69 Å². The van der Waals surface area contributed by atoms with Gasteiger partial charge in [0.2, 0.25) is 0 Å². The standard InChI is InChI=1S/C10H9F3N2O.C3H6O2/c1-2-15-7-6(4-3-5(4)8(7)16)9(14-15)10(11,12)13;1-2-5-3-4/h4-5H,2-3H2,1H3;3H,2H2,1H3. The number of rotatable bonds is 3. The molecule has 1 saturated carbocycles. The van der Waals surface area contributed by atoms with Gasteiger partial charge in [-0.2, -0.15) is 18.3 Å². The van der Waals surface area contributed by atoms with Gasteiger partial charge >= 0.3 is 6.18 Å². The second-order valence-electron chi connectivity index (χ2n) is 4.79. The Morgan fingerprint density at radius 2 is 2.05 bits per heavy atom. The number of alkyl halides is 3. The molecule has 2 aliphatic rings. The molecule has 0 spiro atoms. The number of fused-ring (bicyclic) bond motifs is 3. The van der Waals surface area contributed by atoms with Crippen LogP contribution < -0.4 is 0 Å². The maximum absolute atomic E-state index is 12.7. The van der Waals surface area contributed by atoms with Crippen molar-refractivity contribution in [3.63, 3.8) is 0 Å². The van der Waals surface area contributed by atoms with Crippen molar-refractivity contribution in [2.24, 2.45) is 5.92 Å². The molecule has 0 amide bonds. The molecular formula is C13H15F3N2O3. The zero-order valence-electron chi connectivity index (χ0n) is 11.6. The summed E-state index contributed by atoms with van der Waals surface area (Å²) in [5.74, 6) is -0.587. The van der Waals surface area contributed by atoms with Crippen LogP contribution >= 0.6 is 0 Å². The number of carbonyl (C=O) groups excluding carboxylic acids is 2. The third-order valence-electron chi connectivity index (χ3n) is 3.52. The minimum atomic E-state index is -4.46. The van der Waals surface area contributed by atoms with Crippen molar-refractivity contribution in [1.82, 2.24) is 9.78 Å². The van der Waals surface area contributed by atoms with E-state index < -0.39 is 11.9 Å². The number of hydrogen-bond acceptors (Lipinski definition) is 4. The number of carbonyl (C=O) groups is 2. The molecule has 0 bridgehead atoms. The normalized spacial score (nSPS) is 22.0. The molecule has 1 aromatic heterocycles. The molecule has 2 atom stereocenters. The minimum Gasteiger partial charge on any atom is -0.468 e. The molecule has 8 heteroatoms. The lowest BCUT2D eigenvalue weighted by Crippen LogP contribution is -2.11. The Labute approximate surface area is 119 Å². The third-order valence-corrected chi connectivity index (χ3v) is 3.52. The number of nitrogens with zero attached hydrogens (tertiary/aromatic N) is 2. The molecule has 0 saturated heterocycles. The highest BCUT2D eigenvalue weighted by atomic mass is 19.4. The molecular weight excluding hydrogens is 289 g/mol. The van der Waals surface area contributed by atoms with Crippen molar-refractivity contribution in [2.45, 2.75) is 38.9 Å². The second-order valence-corrected chi connectivity index (χ2v) is 4.79. The van der Waals surface area contributed by atoms with E-state index in [1.165, 1.54) is 4.68 Å². The van der Waals surface area contributed by atoms with Gasteiger partial charge in [0.05, 0.1) is 6.61 Å². The van der Waals surface area contributed by atoms with Crippen molar-refractivity contribution in [3.8, 4) is 0 Å².